The molecule has 0 aliphatic heterocycles. The Kier molecular flexibility index (Phi) is 12.0. The molecule has 0 N–H and O–H groups in total. The van der Waals surface area contributed by atoms with Gasteiger partial charge in [-0.2, -0.15) is 0 Å². The molecule has 0 heterocycles. The molecule has 1 fully saturated rings. The molecule has 0 amide bonds. The van der Waals surface area contributed by atoms with Crippen LogP contribution in [0, 0.1) is 29.1 Å². The normalized spacial score (nSPS) is 28.5. The zero-order valence-electron chi connectivity index (χ0n) is 25.4. The van der Waals surface area contributed by atoms with Crippen molar-refractivity contribution in [3.8, 4) is 0 Å². The van der Waals surface area contributed by atoms with Gasteiger partial charge in [0.2, 0.25) is 5.78 Å². The predicted molar refractivity (Wildman–Crippen MR) is 148 cm³/mol. The van der Waals surface area contributed by atoms with E-state index in [-0.39, 0.29) is 18.1 Å². The highest BCUT2D eigenvalue weighted by molar-refractivity contribution is 6.06. The molecule has 0 aromatic rings. The van der Waals surface area contributed by atoms with Gasteiger partial charge in [0.1, 0.15) is 12.2 Å². The van der Waals surface area contributed by atoms with Crippen molar-refractivity contribution < 1.29 is 47.7 Å². The van der Waals surface area contributed by atoms with E-state index in [1.807, 2.05) is 6.92 Å². The van der Waals surface area contributed by atoms with Gasteiger partial charge in [-0.1, -0.05) is 46.5 Å². The van der Waals surface area contributed by atoms with E-state index >= 15 is 0 Å². The quantitative estimate of drug-likeness (QED) is 0.105. The second-order valence-electron chi connectivity index (χ2n) is 11.4. The topological polar surface area (TPSA) is 139 Å². The molecule has 0 aromatic heterocycles. The molecule has 7 atom stereocenters. The first kappa shape index (κ1) is 33.9. The lowest BCUT2D eigenvalue weighted by Gasteiger charge is -2.54. The number of esters is 4. The van der Waals surface area contributed by atoms with E-state index in [4.69, 9.17) is 18.9 Å². The first-order valence-corrected chi connectivity index (χ1v) is 14.4. The molecule has 0 aromatic carbocycles. The Morgan fingerprint density at radius 2 is 1.59 bits per heavy atom. The fraction of sp³-hybridized carbons (Fsp3) is 0.677. The Balaban J connectivity index is 2.90. The number of unbranched alkanes of at least 4 members (excludes halogenated alkanes) is 3. The third kappa shape index (κ3) is 7.92. The maximum Gasteiger partial charge on any atom is 0.308 e. The SMILES string of the molecule is CCCCCC[C@@H](C)C1=C(OC(C)=O)C(=O)[C@H]2[C@@H](OC(C)=O)[C@@H](C)C[C@@H](OC(C)=O)[C@@H]2[C@@]1(C)C(=O)/C=C/OC(C)=O. The number of carbonyl (C=O) groups is 6. The van der Waals surface area contributed by atoms with Gasteiger partial charge in [-0.15, -0.1) is 0 Å². The average Bonchev–Trinajstić information content (AvgIpc) is 2.85. The van der Waals surface area contributed by atoms with Gasteiger partial charge >= 0.3 is 23.9 Å². The van der Waals surface area contributed by atoms with Crippen LogP contribution in [-0.2, 0) is 47.7 Å². The summed E-state index contributed by atoms with van der Waals surface area (Å²) < 4.78 is 21.9. The Labute approximate surface area is 242 Å². The van der Waals surface area contributed by atoms with Gasteiger partial charge in [0.25, 0.3) is 0 Å². The standard InChI is InChI=1S/C31H44O10/c1-9-10-11-12-13-17(2)26-30(41-22(7)35)28(37)25-27(31(26,8)24(36)14-15-38-19(4)32)23(39-20(5)33)16-18(3)29(25)40-21(6)34/h14-15,17-18,23,25,27,29H,9-13,16H2,1-8H3/b15-14+/t17-,18+,23-,25+,27+,29+,31+/m1/s1. The van der Waals surface area contributed by atoms with Crippen LogP contribution in [0.1, 0.15) is 93.9 Å². The van der Waals surface area contributed by atoms with Crippen LogP contribution in [0.25, 0.3) is 0 Å². The minimum Gasteiger partial charge on any atom is -0.462 e. The van der Waals surface area contributed by atoms with Gasteiger partial charge in [-0.25, -0.2) is 0 Å². The van der Waals surface area contributed by atoms with E-state index in [1.54, 1.807) is 13.8 Å². The molecule has 0 bridgehead atoms. The zero-order chi connectivity index (χ0) is 31.1. The van der Waals surface area contributed by atoms with Crippen molar-refractivity contribution in [2.75, 3.05) is 0 Å². The summed E-state index contributed by atoms with van der Waals surface area (Å²) >= 11 is 0. The molecular formula is C31H44O10. The van der Waals surface area contributed by atoms with Crippen molar-refractivity contribution in [2.45, 2.75) is 106 Å². The van der Waals surface area contributed by atoms with Gasteiger partial charge in [0.15, 0.2) is 11.5 Å². The third-order valence-corrected chi connectivity index (χ3v) is 8.12. The van der Waals surface area contributed by atoms with Crippen molar-refractivity contribution in [3.05, 3.63) is 23.7 Å². The number of allylic oxidation sites excluding steroid dienone is 3. The summed E-state index contributed by atoms with van der Waals surface area (Å²) in [5.74, 6) is -6.83. The lowest BCUT2D eigenvalue weighted by molar-refractivity contribution is -0.187. The second-order valence-corrected chi connectivity index (χ2v) is 11.4. The number of rotatable bonds is 12. The molecule has 0 saturated heterocycles. The molecule has 0 unspecified atom stereocenters. The number of carbonyl (C=O) groups excluding carboxylic acids is 6. The number of ketones is 2. The van der Waals surface area contributed by atoms with Crippen LogP contribution in [0.2, 0.25) is 0 Å². The van der Waals surface area contributed by atoms with Gasteiger partial charge in [-0.05, 0) is 37.2 Å². The summed E-state index contributed by atoms with van der Waals surface area (Å²) in [5, 5.41) is 0. The number of ether oxygens (including phenoxy) is 4. The van der Waals surface area contributed by atoms with Crippen molar-refractivity contribution in [3.63, 3.8) is 0 Å². The summed E-state index contributed by atoms with van der Waals surface area (Å²) in [7, 11) is 0. The smallest absolute Gasteiger partial charge is 0.308 e. The highest BCUT2D eigenvalue weighted by Gasteiger charge is 2.64. The maximum absolute atomic E-state index is 14.3. The number of hydrogen-bond donors (Lipinski definition) is 0. The zero-order valence-corrected chi connectivity index (χ0v) is 25.4. The van der Waals surface area contributed by atoms with Gasteiger partial charge in [0.05, 0.1) is 17.6 Å². The van der Waals surface area contributed by atoms with Crippen LogP contribution in [0.4, 0.5) is 0 Å². The van der Waals surface area contributed by atoms with Crippen molar-refractivity contribution >= 4 is 35.4 Å². The fourth-order valence-electron chi connectivity index (χ4n) is 6.56. The minimum absolute atomic E-state index is 0.226. The van der Waals surface area contributed by atoms with Crippen molar-refractivity contribution in [1.82, 2.24) is 0 Å². The fourth-order valence-corrected chi connectivity index (χ4v) is 6.56. The number of hydrogen-bond acceptors (Lipinski definition) is 10. The van der Waals surface area contributed by atoms with E-state index in [1.165, 1.54) is 27.7 Å². The van der Waals surface area contributed by atoms with E-state index in [2.05, 4.69) is 6.92 Å². The molecule has 0 spiro atoms. The van der Waals surface area contributed by atoms with Crippen LogP contribution >= 0.6 is 0 Å². The van der Waals surface area contributed by atoms with Crippen LogP contribution in [0.3, 0.4) is 0 Å². The van der Waals surface area contributed by atoms with Gasteiger partial charge in [0, 0.05) is 39.7 Å². The van der Waals surface area contributed by atoms with E-state index in [9.17, 15) is 28.8 Å². The highest BCUT2D eigenvalue weighted by atomic mass is 16.6. The summed E-state index contributed by atoms with van der Waals surface area (Å²) in [6.45, 7) is 12.2. The number of Topliss-reactive ketones (excluding diaryl/α,β-unsaturated/α-hetero) is 1. The summed E-state index contributed by atoms with van der Waals surface area (Å²) in [4.78, 5) is 76.7. The maximum atomic E-state index is 14.3. The first-order chi connectivity index (χ1) is 19.2. The van der Waals surface area contributed by atoms with Gasteiger partial charge in [-0.3, -0.25) is 28.8 Å². The molecule has 41 heavy (non-hydrogen) atoms. The van der Waals surface area contributed by atoms with Crippen LogP contribution in [0.5, 0.6) is 0 Å². The Hall–Kier alpha value is -3.30. The molecule has 2 aliphatic rings. The molecule has 228 valence electrons. The minimum atomic E-state index is -1.55. The first-order valence-electron chi connectivity index (χ1n) is 14.4. The van der Waals surface area contributed by atoms with E-state index in [0.717, 1.165) is 38.0 Å². The summed E-state index contributed by atoms with van der Waals surface area (Å²) in [6.07, 6.45) is 4.85. The average molecular weight is 577 g/mol. The lowest BCUT2D eigenvalue weighted by atomic mass is 9.50. The third-order valence-electron chi connectivity index (χ3n) is 8.12. The predicted octanol–water partition coefficient (Wildman–Crippen LogP) is 4.78. The number of fused-ring (bicyclic) bond motifs is 1. The summed E-state index contributed by atoms with van der Waals surface area (Å²) in [5.41, 5.74) is -1.23. The molecule has 1 saturated carbocycles. The van der Waals surface area contributed by atoms with Crippen LogP contribution in [0.15, 0.2) is 23.7 Å². The molecule has 10 heteroatoms. The Bertz CT molecular complexity index is 1100. The molecular weight excluding hydrogens is 532 g/mol. The Morgan fingerprint density at radius 1 is 0.951 bits per heavy atom. The van der Waals surface area contributed by atoms with Crippen molar-refractivity contribution in [2.24, 2.45) is 29.1 Å². The Morgan fingerprint density at radius 3 is 2.12 bits per heavy atom. The largest absolute Gasteiger partial charge is 0.462 e. The monoisotopic (exact) mass is 576 g/mol. The van der Waals surface area contributed by atoms with Crippen LogP contribution < -0.4 is 0 Å². The van der Waals surface area contributed by atoms with E-state index in [0.29, 0.717) is 12.0 Å². The molecule has 2 rings (SSSR count). The second kappa shape index (κ2) is 14.5. The van der Waals surface area contributed by atoms with Crippen molar-refractivity contribution in [1.29, 1.82) is 0 Å². The summed E-state index contributed by atoms with van der Waals surface area (Å²) in [6, 6.07) is 0. The highest BCUT2D eigenvalue weighted by Crippen LogP contribution is 2.57. The van der Waals surface area contributed by atoms with Gasteiger partial charge < -0.3 is 18.9 Å². The van der Waals surface area contributed by atoms with E-state index < -0.39 is 70.8 Å². The molecule has 10 nitrogen and oxygen atoms in total. The molecule has 0 radical (unpaired) electrons. The molecule has 2 aliphatic carbocycles. The lowest BCUT2D eigenvalue weighted by Crippen LogP contribution is -2.62. The van der Waals surface area contributed by atoms with Crippen LogP contribution in [-0.4, -0.2) is 47.7 Å².